The molecule has 1 aliphatic heterocycles. The number of hydrogen-bond donors (Lipinski definition) is 1. The fourth-order valence-corrected chi connectivity index (χ4v) is 5.31. The third-order valence-electron chi connectivity index (χ3n) is 5.23. The number of fused-ring (bicyclic) bond motifs is 1. The number of anilines is 2. The van der Waals surface area contributed by atoms with Gasteiger partial charge in [0.1, 0.15) is 4.70 Å². The van der Waals surface area contributed by atoms with Crippen molar-refractivity contribution in [3.63, 3.8) is 0 Å². The van der Waals surface area contributed by atoms with Crippen molar-refractivity contribution in [1.82, 2.24) is 14.5 Å². The first-order valence-corrected chi connectivity index (χ1v) is 12.0. The molecular weight excluding hydrogens is 418 g/mol. The Balaban J connectivity index is 1.54. The van der Waals surface area contributed by atoms with Crippen molar-refractivity contribution in [3.05, 3.63) is 40.7 Å². The molecule has 0 atom stereocenters. The number of benzene rings is 1. The first kappa shape index (κ1) is 20.9. The van der Waals surface area contributed by atoms with Gasteiger partial charge < -0.3 is 10.2 Å². The van der Waals surface area contributed by atoms with Crippen molar-refractivity contribution in [2.45, 2.75) is 38.4 Å². The SMILES string of the molecule is CCn1c(SCC(=O)Nc2ccccc2)nc2nc(N3CCC(C)CC3)sc2c1=O. The van der Waals surface area contributed by atoms with Gasteiger partial charge in [-0.1, -0.05) is 48.2 Å². The number of para-hydroxylation sites is 1. The van der Waals surface area contributed by atoms with E-state index in [1.165, 1.54) is 23.1 Å². The highest BCUT2D eigenvalue weighted by Crippen LogP contribution is 2.30. The Bertz CT molecular complexity index is 1090. The Kier molecular flexibility index (Phi) is 6.38. The van der Waals surface area contributed by atoms with Crippen molar-refractivity contribution < 1.29 is 4.79 Å². The van der Waals surface area contributed by atoms with Crippen molar-refractivity contribution in [3.8, 4) is 0 Å². The van der Waals surface area contributed by atoms with Crippen LogP contribution in [0.4, 0.5) is 10.8 Å². The first-order valence-electron chi connectivity index (χ1n) is 10.2. The monoisotopic (exact) mass is 443 g/mol. The average molecular weight is 444 g/mol. The van der Waals surface area contributed by atoms with Gasteiger partial charge in [0.05, 0.1) is 5.75 Å². The van der Waals surface area contributed by atoms with Gasteiger partial charge >= 0.3 is 0 Å². The van der Waals surface area contributed by atoms with Crippen LogP contribution in [0.25, 0.3) is 10.3 Å². The molecule has 0 saturated carbocycles. The van der Waals surface area contributed by atoms with Gasteiger partial charge in [-0.2, -0.15) is 4.98 Å². The van der Waals surface area contributed by atoms with E-state index in [-0.39, 0.29) is 17.2 Å². The molecule has 158 valence electrons. The molecule has 1 N–H and O–H groups in total. The summed E-state index contributed by atoms with van der Waals surface area (Å²) in [6, 6.07) is 9.32. The zero-order valence-corrected chi connectivity index (χ0v) is 18.8. The number of amides is 1. The van der Waals surface area contributed by atoms with E-state index in [9.17, 15) is 9.59 Å². The number of aromatic nitrogens is 3. The summed E-state index contributed by atoms with van der Waals surface area (Å²) in [6.07, 6.45) is 2.28. The Hall–Kier alpha value is -2.39. The number of piperidine rings is 1. The molecular formula is C21H25N5O2S2. The van der Waals surface area contributed by atoms with Gasteiger partial charge in [-0.25, -0.2) is 4.98 Å². The lowest BCUT2D eigenvalue weighted by Crippen LogP contribution is -2.32. The highest BCUT2D eigenvalue weighted by atomic mass is 32.2. The minimum atomic E-state index is -0.135. The molecule has 1 amide bonds. The second kappa shape index (κ2) is 9.18. The Labute approximate surface area is 183 Å². The molecule has 0 unspecified atom stereocenters. The van der Waals surface area contributed by atoms with Crippen molar-refractivity contribution in [2.75, 3.05) is 29.1 Å². The number of rotatable bonds is 6. The molecule has 1 saturated heterocycles. The van der Waals surface area contributed by atoms with Crippen molar-refractivity contribution >= 4 is 50.2 Å². The predicted octanol–water partition coefficient (Wildman–Crippen LogP) is 3.84. The minimum Gasteiger partial charge on any atom is -0.348 e. The highest BCUT2D eigenvalue weighted by molar-refractivity contribution is 7.99. The maximum Gasteiger partial charge on any atom is 0.273 e. The summed E-state index contributed by atoms with van der Waals surface area (Å²) in [5.74, 6) is 0.772. The molecule has 2 aromatic heterocycles. The van der Waals surface area contributed by atoms with Crippen LogP contribution in [0.5, 0.6) is 0 Å². The van der Waals surface area contributed by atoms with Gasteiger partial charge in [0.2, 0.25) is 5.91 Å². The van der Waals surface area contributed by atoms with Crippen LogP contribution in [0.15, 0.2) is 40.3 Å². The number of hydrogen-bond acceptors (Lipinski definition) is 7. The second-order valence-electron chi connectivity index (χ2n) is 7.47. The van der Waals surface area contributed by atoms with Crippen molar-refractivity contribution in [2.24, 2.45) is 5.92 Å². The highest BCUT2D eigenvalue weighted by Gasteiger charge is 2.22. The van der Waals surface area contributed by atoms with E-state index in [0.29, 0.717) is 22.0 Å². The molecule has 7 nitrogen and oxygen atoms in total. The summed E-state index contributed by atoms with van der Waals surface area (Å²) >= 11 is 2.69. The molecule has 30 heavy (non-hydrogen) atoms. The molecule has 3 heterocycles. The maximum atomic E-state index is 13.0. The number of carbonyl (C=O) groups excluding carboxylic acids is 1. The van der Waals surface area contributed by atoms with Crippen LogP contribution >= 0.6 is 23.1 Å². The molecule has 0 aliphatic carbocycles. The largest absolute Gasteiger partial charge is 0.348 e. The molecule has 9 heteroatoms. The second-order valence-corrected chi connectivity index (χ2v) is 9.39. The van der Waals surface area contributed by atoms with Crippen LogP contribution in [0.2, 0.25) is 0 Å². The van der Waals surface area contributed by atoms with E-state index in [1.807, 2.05) is 37.3 Å². The number of carbonyl (C=O) groups is 1. The van der Waals surface area contributed by atoms with E-state index in [0.717, 1.165) is 42.7 Å². The van der Waals surface area contributed by atoms with Gasteiger partial charge in [-0.05, 0) is 37.8 Å². The van der Waals surface area contributed by atoms with Gasteiger partial charge in [0.15, 0.2) is 15.9 Å². The lowest BCUT2D eigenvalue weighted by Gasteiger charge is -2.29. The van der Waals surface area contributed by atoms with Gasteiger partial charge in [0.25, 0.3) is 5.56 Å². The van der Waals surface area contributed by atoms with Crippen LogP contribution in [0.1, 0.15) is 26.7 Å². The summed E-state index contributed by atoms with van der Waals surface area (Å²) in [7, 11) is 0. The molecule has 1 aliphatic rings. The number of nitrogens with zero attached hydrogens (tertiary/aromatic N) is 4. The van der Waals surface area contributed by atoms with Gasteiger partial charge in [-0.15, -0.1) is 0 Å². The number of thiazole rings is 1. The van der Waals surface area contributed by atoms with Gasteiger partial charge in [-0.3, -0.25) is 14.2 Å². The van der Waals surface area contributed by atoms with Crippen molar-refractivity contribution in [1.29, 1.82) is 0 Å². The zero-order valence-electron chi connectivity index (χ0n) is 17.1. The van der Waals surface area contributed by atoms with E-state index in [2.05, 4.69) is 27.1 Å². The topological polar surface area (TPSA) is 80.1 Å². The Morgan fingerprint density at radius 1 is 1.23 bits per heavy atom. The van der Waals surface area contributed by atoms with Crippen LogP contribution < -0.4 is 15.8 Å². The summed E-state index contributed by atoms with van der Waals surface area (Å²) in [6.45, 7) is 6.61. The van der Waals surface area contributed by atoms with E-state index in [4.69, 9.17) is 0 Å². The standard InChI is InChI=1S/C21H25N5O2S2/c1-3-26-19(28)17-18(23-20(30-17)25-11-9-14(2)10-12-25)24-21(26)29-13-16(27)22-15-7-5-4-6-8-15/h4-8,14H,3,9-13H2,1-2H3,(H,22,27). The molecule has 4 rings (SSSR count). The van der Waals surface area contributed by atoms with Crippen LogP contribution in [0, 0.1) is 5.92 Å². The third-order valence-corrected chi connectivity index (χ3v) is 7.30. The Morgan fingerprint density at radius 2 is 1.97 bits per heavy atom. The molecule has 1 aromatic carbocycles. The minimum absolute atomic E-state index is 0.0809. The normalized spacial score (nSPS) is 14.9. The quantitative estimate of drug-likeness (QED) is 0.461. The zero-order chi connectivity index (χ0) is 21.1. The Morgan fingerprint density at radius 3 is 2.67 bits per heavy atom. The molecule has 3 aromatic rings. The third kappa shape index (κ3) is 4.52. The number of nitrogens with one attached hydrogen (secondary N) is 1. The fourth-order valence-electron chi connectivity index (χ4n) is 3.45. The predicted molar refractivity (Wildman–Crippen MR) is 124 cm³/mol. The summed E-state index contributed by atoms with van der Waals surface area (Å²) in [4.78, 5) is 36.9. The van der Waals surface area contributed by atoms with Crippen LogP contribution in [-0.2, 0) is 11.3 Å². The summed E-state index contributed by atoms with van der Waals surface area (Å²) in [5.41, 5.74) is 1.15. The number of thioether (sulfide) groups is 1. The molecule has 0 spiro atoms. The van der Waals surface area contributed by atoms with E-state index < -0.39 is 0 Å². The molecule has 0 radical (unpaired) electrons. The summed E-state index contributed by atoms with van der Waals surface area (Å²) < 4.78 is 2.21. The lowest BCUT2D eigenvalue weighted by molar-refractivity contribution is -0.113. The maximum absolute atomic E-state index is 13.0. The summed E-state index contributed by atoms with van der Waals surface area (Å²) in [5, 5.41) is 4.26. The molecule has 0 bridgehead atoms. The smallest absolute Gasteiger partial charge is 0.273 e. The fraction of sp³-hybridized carbons (Fsp3) is 0.429. The van der Waals surface area contributed by atoms with Crippen LogP contribution in [-0.4, -0.2) is 39.3 Å². The van der Waals surface area contributed by atoms with Gasteiger partial charge in [0, 0.05) is 25.3 Å². The first-order chi connectivity index (χ1) is 14.5. The van der Waals surface area contributed by atoms with E-state index in [1.54, 1.807) is 4.57 Å². The average Bonchev–Trinajstić information content (AvgIpc) is 3.18. The lowest BCUT2D eigenvalue weighted by atomic mass is 10.00. The van der Waals surface area contributed by atoms with E-state index >= 15 is 0 Å². The molecule has 1 fully saturated rings. The van der Waals surface area contributed by atoms with Crippen LogP contribution in [0.3, 0.4) is 0 Å².